The summed E-state index contributed by atoms with van der Waals surface area (Å²) in [5.41, 5.74) is 0. The molecule has 0 saturated carbocycles. The van der Waals surface area contributed by atoms with E-state index in [1.54, 1.807) is 0 Å². The number of ether oxygens (including phenoxy) is 3. The van der Waals surface area contributed by atoms with Crippen molar-refractivity contribution < 1.29 is 46.8 Å². The van der Waals surface area contributed by atoms with Gasteiger partial charge in [-0.3, -0.25) is 14.2 Å². The van der Waals surface area contributed by atoms with E-state index in [9.17, 15) is 19.0 Å². The fourth-order valence-corrected chi connectivity index (χ4v) is 7.58. The molecular formula is C44H86NO9P. The third kappa shape index (κ3) is 34.7. The van der Waals surface area contributed by atoms with Crippen molar-refractivity contribution >= 4 is 19.8 Å². The van der Waals surface area contributed by atoms with Crippen LogP contribution in [-0.4, -0.2) is 82.2 Å². The summed E-state index contributed by atoms with van der Waals surface area (Å²) < 4.78 is 39.8. The van der Waals surface area contributed by atoms with Crippen molar-refractivity contribution in [2.45, 2.75) is 225 Å². The van der Waals surface area contributed by atoms with Crippen molar-refractivity contribution in [3.05, 3.63) is 0 Å². The number of hydrogen-bond acceptors (Lipinski definition) is 9. The molecule has 0 N–H and O–H groups in total. The van der Waals surface area contributed by atoms with Crippen LogP contribution in [0.15, 0.2) is 0 Å². The largest absolute Gasteiger partial charge is 0.756 e. The smallest absolute Gasteiger partial charge is 0.306 e. The normalized spacial score (nSPS) is 17.2. The zero-order valence-electron chi connectivity index (χ0n) is 36.3. The number of esters is 2. The van der Waals surface area contributed by atoms with Crippen molar-refractivity contribution in [1.29, 1.82) is 0 Å². The van der Waals surface area contributed by atoms with Crippen LogP contribution in [-0.2, 0) is 37.4 Å². The second-order valence-electron chi connectivity index (χ2n) is 17.2. The molecule has 0 aromatic carbocycles. The Hall–Kier alpha value is -1.03. The fourth-order valence-electron chi connectivity index (χ4n) is 6.86. The molecule has 326 valence electrons. The van der Waals surface area contributed by atoms with Crippen molar-refractivity contribution in [2.24, 2.45) is 0 Å². The van der Waals surface area contributed by atoms with Gasteiger partial charge in [-0.15, -0.1) is 0 Å². The standard InChI is InChI=1S/C44H86NO9P/c1-6-8-10-12-14-15-16-17-18-19-20-21-22-26-30-34-43(46)50-38-40(39-52-55(48,49)51-37-36-45(3,4)5)53-44(47)35-31-27-23-25-29-33-42-41(54-42)32-28-24-13-11-9-7-2/h40-42H,6-39H2,1-5H3/t40-,41+,42-/m1/s1. The quantitative estimate of drug-likeness (QED) is 0.0195. The molecule has 0 aromatic rings. The summed E-state index contributed by atoms with van der Waals surface area (Å²) in [4.78, 5) is 37.6. The number of carbonyl (C=O) groups excluding carboxylic acids is 2. The number of phosphoric acid groups is 1. The molecule has 4 atom stereocenters. The maximum absolute atomic E-state index is 12.7. The first kappa shape index (κ1) is 52.0. The van der Waals surface area contributed by atoms with Crippen LogP contribution in [0.2, 0.25) is 0 Å². The second-order valence-corrected chi connectivity index (χ2v) is 18.6. The Morgan fingerprint density at radius 3 is 1.42 bits per heavy atom. The van der Waals surface area contributed by atoms with Gasteiger partial charge in [-0.05, 0) is 25.7 Å². The lowest BCUT2D eigenvalue weighted by Gasteiger charge is -2.28. The Morgan fingerprint density at radius 2 is 0.982 bits per heavy atom. The summed E-state index contributed by atoms with van der Waals surface area (Å²) in [5, 5.41) is 0. The molecule has 1 heterocycles. The molecular weight excluding hydrogens is 717 g/mol. The lowest BCUT2D eigenvalue weighted by molar-refractivity contribution is -0.870. The van der Waals surface area contributed by atoms with Crippen molar-refractivity contribution in [3.63, 3.8) is 0 Å². The monoisotopic (exact) mass is 804 g/mol. The molecule has 0 aliphatic carbocycles. The Morgan fingerprint density at radius 1 is 0.582 bits per heavy atom. The van der Waals surface area contributed by atoms with Crippen LogP contribution < -0.4 is 4.89 Å². The van der Waals surface area contributed by atoms with E-state index in [0.717, 1.165) is 51.4 Å². The molecule has 1 unspecified atom stereocenters. The summed E-state index contributed by atoms with van der Waals surface area (Å²) in [7, 11) is 1.16. The number of rotatable bonds is 41. The van der Waals surface area contributed by atoms with E-state index in [4.69, 9.17) is 23.3 Å². The lowest BCUT2D eigenvalue weighted by atomic mass is 10.0. The first-order valence-corrected chi connectivity index (χ1v) is 24.3. The fraction of sp³-hybridized carbons (Fsp3) is 0.955. The number of carbonyl (C=O) groups is 2. The first-order chi connectivity index (χ1) is 26.5. The Labute approximate surface area is 338 Å². The number of epoxide rings is 1. The van der Waals surface area contributed by atoms with Crippen LogP contribution in [0.25, 0.3) is 0 Å². The average molecular weight is 804 g/mol. The third-order valence-corrected chi connectivity index (χ3v) is 11.5. The summed E-state index contributed by atoms with van der Waals surface area (Å²) >= 11 is 0. The minimum absolute atomic E-state index is 0.0313. The van der Waals surface area contributed by atoms with E-state index >= 15 is 0 Å². The molecule has 1 aliphatic heterocycles. The minimum atomic E-state index is -4.63. The van der Waals surface area contributed by atoms with Gasteiger partial charge in [0.2, 0.25) is 0 Å². The van der Waals surface area contributed by atoms with Gasteiger partial charge >= 0.3 is 11.9 Å². The molecule has 11 heteroatoms. The molecule has 0 spiro atoms. The molecule has 0 amide bonds. The van der Waals surface area contributed by atoms with Gasteiger partial charge < -0.3 is 32.6 Å². The molecule has 1 fully saturated rings. The van der Waals surface area contributed by atoms with Gasteiger partial charge in [-0.25, -0.2) is 0 Å². The van der Waals surface area contributed by atoms with Gasteiger partial charge in [-0.1, -0.05) is 168 Å². The molecule has 10 nitrogen and oxygen atoms in total. The second kappa shape index (κ2) is 33.9. The van der Waals surface area contributed by atoms with Crippen molar-refractivity contribution in [1.82, 2.24) is 0 Å². The molecule has 0 aromatic heterocycles. The lowest BCUT2D eigenvalue weighted by Crippen LogP contribution is -2.37. The van der Waals surface area contributed by atoms with E-state index in [1.165, 1.54) is 122 Å². The van der Waals surface area contributed by atoms with E-state index in [-0.39, 0.29) is 32.0 Å². The predicted molar refractivity (Wildman–Crippen MR) is 222 cm³/mol. The van der Waals surface area contributed by atoms with Gasteiger partial charge in [0.05, 0.1) is 40.0 Å². The molecule has 1 rings (SSSR count). The maximum Gasteiger partial charge on any atom is 0.306 e. The van der Waals surface area contributed by atoms with Crippen molar-refractivity contribution in [2.75, 3.05) is 47.5 Å². The number of quaternary nitrogens is 1. The van der Waals surface area contributed by atoms with Crippen LogP contribution in [0, 0.1) is 0 Å². The molecule has 1 aliphatic rings. The number of likely N-dealkylation sites (N-methyl/N-ethyl adjacent to an activating group) is 1. The summed E-state index contributed by atoms with van der Waals surface area (Å²) in [6.45, 7) is 4.22. The van der Waals surface area contributed by atoms with Crippen LogP contribution >= 0.6 is 7.82 Å². The number of nitrogens with zero attached hydrogens (tertiary/aromatic N) is 1. The van der Waals surface area contributed by atoms with Gasteiger partial charge in [-0.2, -0.15) is 0 Å². The number of hydrogen-bond donors (Lipinski definition) is 0. The van der Waals surface area contributed by atoms with E-state index in [1.807, 2.05) is 21.1 Å². The van der Waals surface area contributed by atoms with E-state index in [0.29, 0.717) is 29.7 Å². The molecule has 0 radical (unpaired) electrons. The highest BCUT2D eigenvalue weighted by molar-refractivity contribution is 7.45. The van der Waals surface area contributed by atoms with E-state index in [2.05, 4.69) is 13.8 Å². The Bertz CT molecular complexity index is 975. The van der Waals surface area contributed by atoms with E-state index < -0.39 is 26.5 Å². The van der Waals surface area contributed by atoms with Gasteiger partial charge in [0.1, 0.15) is 19.8 Å². The van der Waals surface area contributed by atoms with Crippen molar-refractivity contribution in [3.8, 4) is 0 Å². The topological polar surface area (TPSA) is 124 Å². The van der Waals surface area contributed by atoms with Crippen LogP contribution in [0.3, 0.4) is 0 Å². The van der Waals surface area contributed by atoms with Crippen LogP contribution in [0.4, 0.5) is 0 Å². The summed E-state index contributed by atoms with van der Waals surface area (Å²) in [6, 6.07) is 0. The zero-order chi connectivity index (χ0) is 40.5. The number of unbranched alkanes of at least 4 members (excludes halogenated alkanes) is 23. The van der Waals surface area contributed by atoms with Gasteiger partial charge in [0, 0.05) is 12.8 Å². The highest BCUT2D eigenvalue weighted by Crippen LogP contribution is 2.38. The third-order valence-electron chi connectivity index (χ3n) is 10.5. The van der Waals surface area contributed by atoms with Gasteiger partial charge in [0.15, 0.2) is 6.10 Å². The maximum atomic E-state index is 12.7. The first-order valence-electron chi connectivity index (χ1n) is 22.9. The molecule has 55 heavy (non-hydrogen) atoms. The highest BCUT2D eigenvalue weighted by Gasteiger charge is 2.36. The SMILES string of the molecule is CCCCCCCCCCCCCCCCCC(=O)OC[C@H](COP(=O)([O-])OCC[N+](C)(C)C)OC(=O)CCCCCCC[C@H]1O[C@H]1CCCCCCCC. The average Bonchev–Trinajstić information content (AvgIpc) is 3.89. The molecule has 1 saturated heterocycles. The predicted octanol–water partition coefficient (Wildman–Crippen LogP) is 11.2. The van der Waals surface area contributed by atoms with Gasteiger partial charge in [0.25, 0.3) is 7.82 Å². The zero-order valence-corrected chi connectivity index (χ0v) is 37.2. The summed E-state index contributed by atoms with van der Waals surface area (Å²) in [5.74, 6) is -0.840. The summed E-state index contributed by atoms with van der Waals surface area (Å²) in [6.07, 6.45) is 34.2. The molecule has 0 bridgehead atoms. The Kier molecular flexibility index (Phi) is 32.0. The minimum Gasteiger partial charge on any atom is -0.756 e. The van der Waals surface area contributed by atoms with Crippen LogP contribution in [0.1, 0.15) is 206 Å². The number of phosphoric ester groups is 1. The Balaban J connectivity index is 2.26. The highest BCUT2D eigenvalue weighted by atomic mass is 31.2. The van der Waals surface area contributed by atoms with Crippen LogP contribution in [0.5, 0.6) is 0 Å².